The van der Waals surface area contributed by atoms with Crippen LogP contribution in [0.1, 0.15) is 56.6 Å². The molecule has 1 spiro atoms. The first-order valence-corrected chi connectivity index (χ1v) is 10.3. The molecule has 1 aromatic rings. The van der Waals surface area contributed by atoms with Crippen molar-refractivity contribution in [3.8, 4) is 0 Å². The van der Waals surface area contributed by atoms with E-state index in [4.69, 9.17) is 11.6 Å². The summed E-state index contributed by atoms with van der Waals surface area (Å²) in [6.07, 6.45) is 6.84. The second-order valence-corrected chi connectivity index (χ2v) is 9.07. The molecule has 4 nitrogen and oxygen atoms in total. The first kappa shape index (κ1) is 18.2. The third-order valence-electron chi connectivity index (χ3n) is 6.51. The number of carbonyl (C=O) groups excluding carboxylic acids is 2. The summed E-state index contributed by atoms with van der Waals surface area (Å²) in [6, 6.07) is 7.84. The van der Waals surface area contributed by atoms with E-state index in [-0.39, 0.29) is 29.2 Å². The molecule has 0 radical (unpaired) electrons. The van der Waals surface area contributed by atoms with E-state index in [1.165, 1.54) is 17.1 Å². The Morgan fingerprint density at radius 2 is 2.04 bits per heavy atom. The van der Waals surface area contributed by atoms with Crippen LogP contribution in [0.3, 0.4) is 0 Å². The van der Waals surface area contributed by atoms with Crippen molar-refractivity contribution in [3.63, 3.8) is 0 Å². The molecule has 2 saturated carbocycles. The van der Waals surface area contributed by atoms with Gasteiger partial charge in [-0.3, -0.25) is 13.9 Å². The van der Waals surface area contributed by atoms with Gasteiger partial charge in [0.1, 0.15) is 0 Å². The van der Waals surface area contributed by atoms with Crippen LogP contribution in [-0.2, 0) is 9.59 Å². The minimum Gasteiger partial charge on any atom is -0.349 e. The van der Waals surface area contributed by atoms with Gasteiger partial charge in [-0.15, -0.1) is 0 Å². The largest absolute Gasteiger partial charge is 0.349 e. The van der Waals surface area contributed by atoms with Crippen LogP contribution in [0.4, 0.5) is 0 Å². The molecule has 1 saturated heterocycles. The molecule has 1 heterocycles. The van der Waals surface area contributed by atoms with Gasteiger partial charge in [-0.1, -0.05) is 49.4 Å². The van der Waals surface area contributed by atoms with Crippen molar-refractivity contribution >= 4 is 36.2 Å². The van der Waals surface area contributed by atoms with Crippen molar-refractivity contribution in [1.29, 1.82) is 0 Å². The van der Waals surface area contributed by atoms with Crippen LogP contribution in [0.15, 0.2) is 24.3 Å². The first-order chi connectivity index (χ1) is 12.5. The molecule has 3 fully saturated rings. The highest BCUT2D eigenvalue weighted by Gasteiger charge is 2.56. The average molecular weight is 393 g/mol. The van der Waals surface area contributed by atoms with Crippen molar-refractivity contribution in [2.45, 2.75) is 51.0 Å². The summed E-state index contributed by atoms with van der Waals surface area (Å²) in [4.78, 5) is 25.2. The molecule has 0 bridgehead atoms. The maximum atomic E-state index is 12.9. The van der Waals surface area contributed by atoms with E-state index in [1.807, 2.05) is 18.2 Å². The Morgan fingerprint density at radius 3 is 2.65 bits per heavy atom. The average Bonchev–Trinajstić information content (AvgIpc) is 3.21. The summed E-state index contributed by atoms with van der Waals surface area (Å²) in [5.41, 5.74) is 0.758. The fourth-order valence-electron chi connectivity index (χ4n) is 4.99. The van der Waals surface area contributed by atoms with Crippen molar-refractivity contribution in [3.05, 3.63) is 34.9 Å². The number of amides is 2. The van der Waals surface area contributed by atoms with Crippen LogP contribution in [0.25, 0.3) is 0 Å². The molecular weight excluding hydrogens is 368 g/mol. The van der Waals surface area contributed by atoms with Gasteiger partial charge in [0.25, 0.3) is 0 Å². The molecule has 0 aromatic heterocycles. The zero-order chi connectivity index (χ0) is 18.3. The molecule has 2 amide bonds. The molecule has 6 heteroatoms. The SMILES string of the molecule is O=C(NC(c1cccc(Cl)c1)C1CCCC1)C1CC2(CCN(S)C2=O)C1. The van der Waals surface area contributed by atoms with Crippen LogP contribution in [0, 0.1) is 17.3 Å². The van der Waals surface area contributed by atoms with E-state index in [0.717, 1.165) is 24.8 Å². The monoisotopic (exact) mass is 392 g/mol. The van der Waals surface area contributed by atoms with Gasteiger partial charge in [0, 0.05) is 17.5 Å². The van der Waals surface area contributed by atoms with E-state index in [9.17, 15) is 9.59 Å². The lowest BCUT2D eigenvalue weighted by molar-refractivity contribution is -0.145. The highest BCUT2D eigenvalue weighted by atomic mass is 35.5. The molecule has 1 atom stereocenters. The van der Waals surface area contributed by atoms with Gasteiger partial charge in [-0.05, 0) is 55.7 Å². The Labute approximate surface area is 165 Å². The number of halogens is 1. The molecule has 1 aliphatic heterocycles. The normalized spacial score (nSPS) is 29.8. The number of thiol groups is 1. The highest BCUT2D eigenvalue weighted by Crippen LogP contribution is 2.53. The maximum Gasteiger partial charge on any atom is 0.238 e. The van der Waals surface area contributed by atoms with Gasteiger partial charge < -0.3 is 5.32 Å². The number of carbonyl (C=O) groups is 2. The number of nitrogens with zero attached hydrogens (tertiary/aromatic N) is 1. The molecule has 3 aliphatic rings. The highest BCUT2D eigenvalue weighted by molar-refractivity contribution is 7.78. The Kier molecular flexibility index (Phi) is 4.95. The predicted molar refractivity (Wildman–Crippen MR) is 105 cm³/mol. The lowest BCUT2D eigenvalue weighted by Gasteiger charge is -2.43. The van der Waals surface area contributed by atoms with Crippen LogP contribution >= 0.6 is 24.4 Å². The Bertz CT molecular complexity index is 714. The number of hydrogen-bond acceptors (Lipinski definition) is 3. The van der Waals surface area contributed by atoms with Crippen LogP contribution in [0.2, 0.25) is 5.02 Å². The Hall–Kier alpha value is -1.20. The molecule has 1 unspecified atom stereocenters. The molecule has 1 aromatic carbocycles. The predicted octanol–water partition coefficient (Wildman–Crippen LogP) is 4.16. The molecule has 140 valence electrons. The lowest BCUT2D eigenvalue weighted by atomic mass is 9.60. The van der Waals surface area contributed by atoms with Crippen molar-refractivity contribution < 1.29 is 9.59 Å². The second kappa shape index (κ2) is 7.08. The second-order valence-electron chi connectivity index (χ2n) is 8.15. The van der Waals surface area contributed by atoms with E-state index in [0.29, 0.717) is 30.3 Å². The minimum absolute atomic E-state index is 0.0147. The number of benzene rings is 1. The van der Waals surface area contributed by atoms with Crippen LogP contribution < -0.4 is 5.32 Å². The maximum absolute atomic E-state index is 12.9. The van der Waals surface area contributed by atoms with E-state index >= 15 is 0 Å². The molecule has 1 N–H and O–H groups in total. The zero-order valence-corrected chi connectivity index (χ0v) is 16.4. The van der Waals surface area contributed by atoms with Crippen LogP contribution in [-0.4, -0.2) is 22.7 Å². The van der Waals surface area contributed by atoms with Gasteiger partial charge in [-0.2, -0.15) is 0 Å². The third kappa shape index (κ3) is 3.24. The number of hydrogen-bond donors (Lipinski definition) is 2. The zero-order valence-electron chi connectivity index (χ0n) is 14.8. The Morgan fingerprint density at radius 1 is 1.31 bits per heavy atom. The lowest BCUT2D eigenvalue weighted by Crippen LogP contribution is -2.49. The van der Waals surface area contributed by atoms with Gasteiger partial charge in [-0.25, -0.2) is 0 Å². The van der Waals surface area contributed by atoms with E-state index < -0.39 is 0 Å². The first-order valence-electron chi connectivity index (χ1n) is 9.55. The number of nitrogens with one attached hydrogen (secondary N) is 1. The summed E-state index contributed by atoms with van der Waals surface area (Å²) in [5.74, 6) is 0.569. The van der Waals surface area contributed by atoms with Crippen LogP contribution in [0.5, 0.6) is 0 Å². The third-order valence-corrected chi connectivity index (χ3v) is 7.13. The van der Waals surface area contributed by atoms with Crippen molar-refractivity contribution in [1.82, 2.24) is 9.62 Å². The summed E-state index contributed by atoms with van der Waals surface area (Å²) in [7, 11) is 0. The topological polar surface area (TPSA) is 49.4 Å². The van der Waals surface area contributed by atoms with Crippen molar-refractivity contribution in [2.24, 2.45) is 17.3 Å². The summed E-state index contributed by atoms with van der Waals surface area (Å²) in [5, 5.41) is 4.00. The standard InChI is InChI=1S/C20H25ClN2O2S/c21-16-7-3-6-14(10-16)17(13-4-1-2-5-13)22-18(24)15-11-20(12-15)8-9-23(26)19(20)25/h3,6-7,10,13,15,17,26H,1-2,4-5,8-9,11-12H2,(H,22,24). The molecule has 2 aliphatic carbocycles. The molecule has 26 heavy (non-hydrogen) atoms. The van der Waals surface area contributed by atoms with Gasteiger partial charge in [0.2, 0.25) is 11.8 Å². The van der Waals surface area contributed by atoms with E-state index in [1.54, 1.807) is 0 Å². The van der Waals surface area contributed by atoms with Gasteiger partial charge >= 0.3 is 0 Å². The number of rotatable bonds is 4. The summed E-state index contributed by atoms with van der Waals surface area (Å²) in [6.45, 7) is 0.684. The van der Waals surface area contributed by atoms with Crippen molar-refractivity contribution in [2.75, 3.05) is 6.54 Å². The molecule has 4 rings (SSSR count). The summed E-state index contributed by atoms with van der Waals surface area (Å²) >= 11 is 10.4. The van der Waals surface area contributed by atoms with Gasteiger partial charge in [0.15, 0.2) is 0 Å². The van der Waals surface area contributed by atoms with Gasteiger partial charge in [0.05, 0.1) is 11.5 Å². The minimum atomic E-state index is -0.331. The molecular formula is C20H25ClN2O2S. The quantitative estimate of drug-likeness (QED) is 0.756. The van der Waals surface area contributed by atoms with E-state index in [2.05, 4.69) is 24.2 Å². The Balaban J connectivity index is 1.45. The smallest absolute Gasteiger partial charge is 0.238 e. The summed E-state index contributed by atoms with van der Waals surface area (Å²) < 4.78 is 1.50. The fraction of sp³-hybridized carbons (Fsp3) is 0.600. The fourth-order valence-corrected chi connectivity index (χ4v) is 5.50.